The summed E-state index contributed by atoms with van der Waals surface area (Å²) in [7, 11) is 0. The van der Waals surface area contributed by atoms with Crippen LogP contribution in [0, 0.1) is 13.8 Å². The normalized spacial score (nSPS) is 10.5. The second kappa shape index (κ2) is 5.44. The van der Waals surface area contributed by atoms with Crippen LogP contribution in [0.1, 0.15) is 27.4 Å². The van der Waals surface area contributed by atoms with Gasteiger partial charge in [0, 0.05) is 6.07 Å². The van der Waals surface area contributed by atoms with E-state index in [2.05, 4.69) is 26.4 Å². The van der Waals surface area contributed by atoms with Gasteiger partial charge in [0.15, 0.2) is 0 Å². The summed E-state index contributed by atoms with van der Waals surface area (Å²) in [6, 6.07) is 5.11. The quantitative estimate of drug-likeness (QED) is 0.910. The molecule has 5 nitrogen and oxygen atoms in total. The van der Waals surface area contributed by atoms with Gasteiger partial charge in [-0.1, -0.05) is 5.16 Å². The Morgan fingerprint density at radius 2 is 2.16 bits per heavy atom. The predicted octanol–water partition coefficient (Wildman–Crippen LogP) is 2.69. The lowest BCUT2D eigenvalue weighted by molar-refractivity contribution is 0.0947. The van der Waals surface area contributed by atoms with Gasteiger partial charge in [-0.25, -0.2) is 0 Å². The summed E-state index contributed by atoms with van der Waals surface area (Å²) in [5, 5.41) is 16.3. The molecule has 0 bridgehead atoms. The molecule has 0 unspecified atom stereocenters. The van der Waals surface area contributed by atoms with Crippen molar-refractivity contribution in [2.45, 2.75) is 20.4 Å². The Kier molecular flexibility index (Phi) is 3.90. The van der Waals surface area contributed by atoms with E-state index >= 15 is 0 Å². The molecule has 0 radical (unpaired) electrons. The molecule has 2 aromatic rings. The molecule has 0 saturated carbocycles. The Bertz CT molecular complexity index is 622. The van der Waals surface area contributed by atoms with E-state index in [0.29, 0.717) is 15.9 Å². The van der Waals surface area contributed by atoms with E-state index in [4.69, 9.17) is 4.52 Å². The molecule has 0 fully saturated rings. The van der Waals surface area contributed by atoms with E-state index in [9.17, 15) is 9.90 Å². The Labute approximate surface area is 118 Å². The van der Waals surface area contributed by atoms with Crippen LogP contribution in [0.25, 0.3) is 0 Å². The second-order valence-corrected chi connectivity index (χ2v) is 5.11. The Hall–Kier alpha value is -1.82. The summed E-state index contributed by atoms with van der Waals surface area (Å²) in [5.41, 5.74) is 1.75. The minimum Gasteiger partial charge on any atom is -0.506 e. The number of carbonyl (C=O) groups excluding carboxylic acids is 1. The van der Waals surface area contributed by atoms with Crippen molar-refractivity contribution in [3.8, 4) is 5.75 Å². The fourth-order valence-corrected chi connectivity index (χ4v) is 2.25. The fourth-order valence-electron chi connectivity index (χ4n) is 1.68. The number of hydrogen-bond donors (Lipinski definition) is 2. The fraction of sp³-hybridized carbons (Fsp3) is 0.231. The van der Waals surface area contributed by atoms with Crippen LogP contribution in [0.2, 0.25) is 0 Å². The van der Waals surface area contributed by atoms with Crippen molar-refractivity contribution in [1.82, 2.24) is 10.5 Å². The van der Waals surface area contributed by atoms with Crippen molar-refractivity contribution in [1.29, 1.82) is 0 Å². The number of nitrogens with one attached hydrogen (secondary N) is 1. The number of aromatic nitrogens is 1. The number of phenols is 1. The number of rotatable bonds is 3. The van der Waals surface area contributed by atoms with Gasteiger partial charge in [-0.05, 0) is 47.5 Å². The molecule has 0 aliphatic rings. The second-order valence-electron chi connectivity index (χ2n) is 4.25. The van der Waals surface area contributed by atoms with Gasteiger partial charge in [0.2, 0.25) is 0 Å². The van der Waals surface area contributed by atoms with Crippen molar-refractivity contribution < 1.29 is 14.4 Å². The van der Waals surface area contributed by atoms with Crippen molar-refractivity contribution in [3.05, 3.63) is 45.3 Å². The molecule has 0 spiro atoms. The van der Waals surface area contributed by atoms with Gasteiger partial charge in [0.05, 0.1) is 16.6 Å². The standard InChI is InChI=1S/C13H13BrN2O3/c1-7-3-10(12(17)11(14)4-7)13(18)15-6-9-5-8(2)19-16-9/h3-5,17H,6H2,1-2H3,(H,15,18). The molecule has 2 N–H and O–H groups in total. The summed E-state index contributed by atoms with van der Waals surface area (Å²) in [6.45, 7) is 3.88. The van der Waals surface area contributed by atoms with Crippen LogP contribution < -0.4 is 5.32 Å². The molecule has 19 heavy (non-hydrogen) atoms. The molecule has 1 aromatic heterocycles. The molecule has 1 aromatic carbocycles. The molecule has 1 heterocycles. The van der Waals surface area contributed by atoms with Gasteiger partial charge < -0.3 is 14.9 Å². The predicted molar refractivity (Wildman–Crippen MR) is 73.0 cm³/mol. The zero-order valence-electron chi connectivity index (χ0n) is 10.5. The van der Waals surface area contributed by atoms with E-state index in [1.54, 1.807) is 25.1 Å². The van der Waals surface area contributed by atoms with Crippen molar-refractivity contribution >= 4 is 21.8 Å². The van der Waals surface area contributed by atoms with Gasteiger partial charge in [-0.3, -0.25) is 4.79 Å². The van der Waals surface area contributed by atoms with Gasteiger partial charge in [-0.2, -0.15) is 0 Å². The van der Waals surface area contributed by atoms with Crippen LogP contribution in [0.3, 0.4) is 0 Å². The number of nitrogens with zero attached hydrogens (tertiary/aromatic N) is 1. The first kappa shape index (κ1) is 13.6. The Morgan fingerprint density at radius 3 is 2.79 bits per heavy atom. The Balaban J connectivity index is 2.12. The molecule has 6 heteroatoms. The highest BCUT2D eigenvalue weighted by atomic mass is 79.9. The number of phenolic OH excluding ortho intramolecular Hbond substituents is 1. The number of halogens is 1. The van der Waals surface area contributed by atoms with Crippen LogP contribution in [-0.4, -0.2) is 16.2 Å². The summed E-state index contributed by atoms with van der Waals surface area (Å²) in [4.78, 5) is 12.0. The van der Waals surface area contributed by atoms with E-state index in [1.165, 1.54) is 0 Å². The van der Waals surface area contributed by atoms with E-state index in [-0.39, 0.29) is 23.8 Å². The number of aromatic hydroxyl groups is 1. The van der Waals surface area contributed by atoms with Crippen molar-refractivity contribution in [2.24, 2.45) is 0 Å². The van der Waals surface area contributed by atoms with Crippen LogP contribution in [0.4, 0.5) is 0 Å². The zero-order chi connectivity index (χ0) is 14.0. The average molecular weight is 325 g/mol. The van der Waals surface area contributed by atoms with Crippen LogP contribution in [-0.2, 0) is 6.54 Å². The maximum atomic E-state index is 12.0. The zero-order valence-corrected chi connectivity index (χ0v) is 12.1. The van der Waals surface area contributed by atoms with Gasteiger partial charge >= 0.3 is 0 Å². The third-order valence-corrected chi connectivity index (χ3v) is 3.16. The molecule has 1 amide bonds. The molecule has 0 aliphatic carbocycles. The summed E-state index contributed by atoms with van der Waals surface area (Å²) < 4.78 is 5.40. The highest BCUT2D eigenvalue weighted by Gasteiger charge is 2.14. The molecule has 0 saturated heterocycles. The highest BCUT2D eigenvalue weighted by Crippen LogP contribution is 2.29. The van der Waals surface area contributed by atoms with Gasteiger partial charge in [-0.15, -0.1) is 0 Å². The van der Waals surface area contributed by atoms with E-state index < -0.39 is 0 Å². The lowest BCUT2D eigenvalue weighted by atomic mass is 10.1. The largest absolute Gasteiger partial charge is 0.506 e. The SMILES string of the molecule is Cc1cc(Br)c(O)c(C(=O)NCc2cc(C)on2)c1. The number of carbonyl (C=O) groups is 1. The molecule has 100 valence electrons. The molecular weight excluding hydrogens is 312 g/mol. The Morgan fingerprint density at radius 1 is 1.42 bits per heavy atom. The highest BCUT2D eigenvalue weighted by molar-refractivity contribution is 9.10. The minimum atomic E-state index is -0.359. The summed E-state index contributed by atoms with van der Waals surface area (Å²) >= 11 is 3.21. The number of aryl methyl sites for hydroxylation is 2. The van der Waals surface area contributed by atoms with E-state index in [1.807, 2.05) is 6.92 Å². The molecule has 0 aliphatic heterocycles. The van der Waals surface area contributed by atoms with Crippen LogP contribution in [0.5, 0.6) is 5.75 Å². The molecular formula is C13H13BrN2O3. The summed E-state index contributed by atoms with van der Waals surface area (Å²) in [5.74, 6) is 0.257. The average Bonchev–Trinajstić information content (AvgIpc) is 2.76. The number of amides is 1. The molecule has 2 rings (SSSR count). The maximum absolute atomic E-state index is 12.0. The molecule has 0 atom stereocenters. The number of benzene rings is 1. The van der Waals surface area contributed by atoms with Crippen LogP contribution in [0.15, 0.2) is 27.2 Å². The van der Waals surface area contributed by atoms with Crippen LogP contribution >= 0.6 is 15.9 Å². The minimum absolute atomic E-state index is 0.0700. The van der Waals surface area contributed by atoms with Gasteiger partial charge in [0.1, 0.15) is 17.2 Å². The van der Waals surface area contributed by atoms with Crippen molar-refractivity contribution in [2.75, 3.05) is 0 Å². The first-order valence-corrected chi connectivity index (χ1v) is 6.46. The monoisotopic (exact) mass is 324 g/mol. The lowest BCUT2D eigenvalue weighted by Crippen LogP contribution is -2.23. The first-order valence-electron chi connectivity index (χ1n) is 5.67. The summed E-state index contributed by atoms with van der Waals surface area (Å²) in [6.07, 6.45) is 0. The first-order chi connectivity index (χ1) is 8.97. The maximum Gasteiger partial charge on any atom is 0.255 e. The topological polar surface area (TPSA) is 75.4 Å². The third-order valence-electron chi connectivity index (χ3n) is 2.56. The lowest BCUT2D eigenvalue weighted by Gasteiger charge is -2.08. The third kappa shape index (κ3) is 3.14. The van der Waals surface area contributed by atoms with E-state index in [0.717, 1.165) is 5.56 Å². The van der Waals surface area contributed by atoms with Crippen molar-refractivity contribution in [3.63, 3.8) is 0 Å². The van der Waals surface area contributed by atoms with Gasteiger partial charge in [0.25, 0.3) is 5.91 Å². The smallest absolute Gasteiger partial charge is 0.255 e. The number of hydrogen-bond acceptors (Lipinski definition) is 4.